The monoisotopic (exact) mass is 407 g/mol. The van der Waals surface area contributed by atoms with E-state index in [9.17, 15) is 10.2 Å². The van der Waals surface area contributed by atoms with E-state index in [-0.39, 0.29) is 12.8 Å². The van der Waals surface area contributed by atoms with Gasteiger partial charge in [-0.15, -0.1) is 0 Å². The summed E-state index contributed by atoms with van der Waals surface area (Å²) in [6, 6.07) is 0. The Kier molecular flexibility index (Phi) is 5.80. The van der Waals surface area contributed by atoms with Crippen molar-refractivity contribution in [1.82, 2.24) is 20.0 Å². The highest BCUT2D eigenvalue weighted by molar-refractivity contribution is 6.06. The molecule has 1 aromatic heterocycles. The van der Waals surface area contributed by atoms with E-state index in [2.05, 4.69) is 34.5 Å². The molecule has 2 unspecified atom stereocenters. The number of unbranched alkanes of at least 4 members (excludes halogenated alkanes) is 2. The molecule has 4 rings (SSSR count). The maximum Gasteiger partial charge on any atom is 0.201 e. The lowest BCUT2D eigenvalue weighted by atomic mass is 10.1. The summed E-state index contributed by atoms with van der Waals surface area (Å²) in [4.78, 5) is 7.26. The van der Waals surface area contributed by atoms with E-state index in [1.807, 2.05) is 0 Å². The molecule has 6 N–H and O–H groups in total. The molecular weight excluding hydrogens is 374 g/mol. The number of rotatable bonds is 9. The highest BCUT2D eigenvalue weighted by atomic mass is 16.5. The fraction of sp³-hybridized carbons (Fsp3) is 0.789. The van der Waals surface area contributed by atoms with Crippen LogP contribution < -0.4 is 16.4 Å². The minimum absolute atomic E-state index is 0.225. The van der Waals surface area contributed by atoms with E-state index in [1.54, 1.807) is 10.9 Å². The Labute approximate surface area is 171 Å². The number of aliphatic hydroxyl groups excluding tert-OH is 2. The summed E-state index contributed by atoms with van der Waals surface area (Å²) in [7, 11) is 0. The van der Waals surface area contributed by atoms with Crippen molar-refractivity contribution in [2.75, 3.05) is 25.0 Å². The molecule has 4 heterocycles. The average molecular weight is 408 g/mol. The van der Waals surface area contributed by atoms with Gasteiger partial charge in [0, 0.05) is 19.5 Å². The fourth-order valence-electron chi connectivity index (χ4n) is 4.30. The van der Waals surface area contributed by atoms with Crippen molar-refractivity contribution in [3.63, 3.8) is 0 Å². The maximum absolute atomic E-state index is 10.1. The zero-order valence-electron chi connectivity index (χ0n) is 17.2. The summed E-state index contributed by atoms with van der Waals surface area (Å²) in [6.07, 6.45) is 4.51. The molecule has 0 saturated carbocycles. The molecule has 1 aromatic rings. The van der Waals surface area contributed by atoms with E-state index >= 15 is 0 Å². The van der Waals surface area contributed by atoms with Crippen LogP contribution in [0.2, 0.25) is 0 Å². The van der Waals surface area contributed by atoms with Gasteiger partial charge in [0.05, 0.1) is 24.5 Å². The predicted molar refractivity (Wildman–Crippen MR) is 109 cm³/mol. The van der Waals surface area contributed by atoms with Crippen molar-refractivity contribution in [2.45, 2.75) is 76.3 Å². The molecule has 0 amide bonds. The van der Waals surface area contributed by atoms with Crippen LogP contribution in [-0.4, -0.2) is 74.6 Å². The van der Waals surface area contributed by atoms with Crippen LogP contribution in [-0.2, 0) is 4.74 Å². The number of nitrogens with two attached hydrogens (primary N) is 1. The largest absolute Gasteiger partial charge is 0.394 e. The third-order valence-corrected chi connectivity index (χ3v) is 5.96. The summed E-state index contributed by atoms with van der Waals surface area (Å²) in [5.74, 6) is 0.525. The highest BCUT2D eigenvalue weighted by Gasteiger charge is 2.50. The molecule has 3 aliphatic heterocycles. The topological polar surface area (TPSA) is 133 Å². The standard InChI is InChI=1S/C19H33N7O3/c1-3-5-7-25(8-6-4-2)18-19(20)23-16(22-18)12-10-21-26(17(12)24-19)15-9-13(28)14(11-27)29-15/h10,13-15,18,24,27-28H,3-9,11,20H2,1-2H3,(H,22,23)/t13-,14+,15-,18?,19?/m0/s1. The maximum atomic E-state index is 10.1. The number of amidine groups is 1. The lowest BCUT2D eigenvalue weighted by Crippen LogP contribution is -2.69. The summed E-state index contributed by atoms with van der Waals surface area (Å²) in [5.41, 5.74) is 7.60. The quantitative estimate of drug-likeness (QED) is 0.390. The van der Waals surface area contributed by atoms with Gasteiger partial charge in [0.2, 0.25) is 5.79 Å². The predicted octanol–water partition coefficient (Wildman–Crippen LogP) is 0.140. The van der Waals surface area contributed by atoms with Crippen molar-refractivity contribution >= 4 is 11.7 Å². The minimum Gasteiger partial charge on any atom is -0.394 e. The molecule has 0 spiro atoms. The van der Waals surface area contributed by atoms with Gasteiger partial charge < -0.3 is 25.6 Å². The van der Waals surface area contributed by atoms with Crippen molar-refractivity contribution in [2.24, 2.45) is 10.7 Å². The van der Waals surface area contributed by atoms with Gasteiger partial charge in [-0.05, 0) is 12.8 Å². The Hall–Kier alpha value is -1.72. The molecule has 2 bridgehead atoms. The van der Waals surface area contributed by atoms with Gasteiger partial charge in [0.25, 0.3) is 0 Å². The number of hydrogen-bond donors (Lipinski definition) is 5. The Morgan fingerprint density at radius 3 is 2.66 bits per heavy atom. The highest BCUT2D eigenvalue weighted by Crippen LogP contribution is 2.37. The normalized spacial score (nSPS) is 32.8. The van der Waals surface area contributed by atoms with Crippen LogP contribution in [0.25, 0.3) is 0 Å². The molecule has 29 heavy (non-hydrogen) atoms. The molecule has 0 radical (unpaired) electrons. The third kappa shape index (κ3) is 3.64. The molecule has 0 aromatic carbocycles. The van der Waals surface area contributed by atoms with Gasteiger partial charge >= 0.3 is 0 Å². The molecule has 1 fully saturated rings. The number of hydrogen-bond acceptors (Lipinski definition) is 9. The molecule has 162 valence electrons. The first-order chi connectivity index (χ1) is 14.0. The van der Waals surface area contributed by atoms with E-state index in [4.69, 9.17) is 15.5 Å². The third-order valence-electron chi connectivity index (χ3n) is 5.96. The van der Waals surface area contributed by atoms with E-state index in [0.717, 1.165) is 56.0 Å². The summed E-state index contributed by atoms with van der Waals surface area (Å²) < 4.78 is 7.49. The van der Waals surface area contributed by atoms with Crippen LogP contribution in [0.4, 0.5) is 5.82 Å². The van der Waals surface area contributed by atoms with Gasteiger partial charge in [-0.3, -0.25) is 10.6 Å². The smallest absolute Gasteiger partial charge is 0.201 e. The number of aliphatic imine (C=N–C) groups is 1. The molecule has 0 aliphatic carbocycles. The Morgan fingerprint density at radius 2 is 2.03 bits per heavy atom. The second kappa shape index (κ2) is 8.19. The molecule has 5 atom stereocenters. The molecule has 10 nitrogen and oxygen atoms in total. The van der Waals surface area contributed by atoms with Crippen molar-refractivity contribution in [3.8, 4) is 0 Å². The summed E-state index contributed by atoms with van der Waals surface area (Å²) >= 11 is 0. The second-order valence-corrected chi connectivity index (χ2v) is 8.18. The van der Waals surface area contributed by atoms with E-state index < -0.39 is 24.2 Å². The summed E-state index contributed by atoms with van der Waals surface area (Å²) in [6.45, 7) is 6.03. The second-order valence-electron chi connectivity index (χ2n) is 8.18. The Balaban J connectivity index is 1.58. The van der Waals surface area contributed by atoms with Gasteiger partial charge in [-0.1, -0.05) is 26.7 Å². The molecular formula is C19H33N7O3. The van der Waals surface area contributed by atoms with Crippen molar-refractivity contribution < 1.29 is 14.9 Å². The van der Waals surface area contributed by atoms with E-state index in [1.165, 1.54) is 0 Å². The zero-order valence-corrected chi connectivity index (χ0v) is 17.2. The van der Waals surface area contributed by atoms with E-state index in [0.29, 0.717) is 6.42 Å². The SMILES string of the molecule is CCCCN(CCCC)C1N=C2NC1(N)Nc1c2cnn1[C@@H]1C[C@H](O)[C@@H](CO)O1. The van der Waals surface area contributed by atoms with Crippen molar-refractivity contribution in [3.05, 3.63) is 11.8 Å². The van der Waals surface area contributed by atoms with Crippen LogP contribution in [0.3, 0.4) is 0 Å². The van der Waals surface area contributed by atoms with Gasteiger partial charge in [0.1, 0.15) is 17.8 Å². The lowest BCUT2D eigenvalue weighted by Gasteiger charge is -2.40. The first-order valence-corrected chi connectivity index (χ1v) is 10.7. The lowest BCUT2D eigenvalue weighted by molar-refractivity contribution is -0.0478. The van der Waals surface area contributed by atoms with Crippen molar-refractivity contribution in [1.29, 1.82) is 0 Å². The first-order valence-electron chi connectivity index (χ1n) is 10.7. The molecule has 10 heteroatoms. The van der Waals surface area contributed by atoms with Crippen LogP contribution in [0, 0.1) is 0 Å². The fourth-order valence-corrected chi connectivity index (χ4v) is 4.30. The number of fused-ring (bicyclic) bond motifs is 4. The summed E-state index contributed by atoms with van der Waals surface area (Å²) in [5, 5.41) is 30.7. The number of nitrogens with zero attached hydrogens (tertiary/aromatic N) is 4. The van der Waals surface area contributed by atoms with Crippen LogP contribution in [0.1, 0.15) is 57.7 Å². The Bertz CT molecular complexity index is 746. The van der Waals surface area contributed by atoms with Crippen LogP contribution >= 0.6 is 0 Å². The molecule has 1 saturated heterocycles. The Morgan fingerprint density at radius 1 is 1.31 bits per heavy atom. The number of aromatic nitrogens is 2. The number of aliphatic hydroxyl groups is 2. The van der Waals surface area contributed by atoms with Crippen LogP contribution in [0.15, 0.2) is 11.2 Å². The molecule has 3 aliphatic rings. The van der Waals surface area contributed by atoms with Gasteiger partial charge in [-0.2, -0.15) is 5.10 Å². The minimum atomic E-state index is -0.935. The number of ether oxygens (including phenoxy) is 1. The first kappa shape index (κ1) is 20.5. The zero-order chi connectivity index (χ0) is 20.6. The number of nitrogens with one attached hydrogen (secondary N) is 2. The van der Waals surface area contributed by atoms with Gasteiger partial charge in [0.15, 0.2) is 12.4 Å². The van der Waals surface area contributed by atoms with Crippen LogP contribution in [0.5, 0.6) is 0 Å². The number of anilines is 1. The van der Waals surface area contributed by atoms with Gasteiger partial charge in [-0.25, -0.2) is 9.67 Å². The average Bonchev–Trinajstić information content (AvgIpc) is 3.36.